The van der Waals surface area contributed by atoms with Gasteiger partial charge in [-0.15, -0.1) is 0 Å². The van der Waals surface area contributed by atoms with E-state index < -0.39 is 0 Å². The number of hydrogen-bond acceptors (Lipinski definition) is 3. The van der Waals surface area contributed by atoms with E-state index >= 15 is 0 Å². The molecule has 0 aliphatic heterocycles. The molecule has 0 unspecified atom stereocenters. The lowest BCUT2D eigenvalue weighted by atomic mass is 10.1. The maximum atomic E-state index is 11.6. The minimum absolute atomic E-state index is 0.0459. The summed E-state index contributed by atoms with van der Waals surface area (Å²) in [7, 11) is 0. The maximum absolute atomic E-state index is 11.6. The Kier molecular flexibility index (Phi) is 6.34. The number of benzene rings is 1. The van der Waals surface area contributed by atoms with Crippen LogP contribution < -0.4 is 11.1 Å². The highest BCUT2D eigenvalue weighted by Crippen LogP contribution is 2.14. The molecular weight excluding hydrogens is 244 g/mol. The second-order valence-corrected chi connectivity index (χ2v) is 4.81. The van der Waals surface area contributed by atoms with Gasteiger partial charge < -0.3 is 11.1 Å². The van der Waals surface area contributed by atoms with Crippen LogP contribution in [0.3, 0.4) is 0 Å². The Bertz CT molecular complexity index is 474. The molecule has 1 rings (SSSR count). The molecule has 3 N–H and O–H groups in total. The molecule has 1 amide bonds. The number of anilines is 1. The Balaban J connectivity index is 2.69. The molecule has 0 spiro atoms. The van der Waals surface area contributed by atoms with Crippen LogP contribution >= 0.6 is 11.8 Å². The van der Waals surface area contributed by atoms with Gasteiger partial charge in [0.15, 0.2) is 0 Å². The van der Waals surface area contributed by atoms with E-state index in [1.54, 1.807) is 11.8 Å². The van der Waals surface area contributed by atoms with Crippen LogP contribution in [0.4, 0.5) is 5.69 Å². The molecule has 4 heteroatoms. The van der Waals surface area contributed by atoms with Gasteiger partial charge in [-0.1, -0.05) is 11.8 Å². The first kappa shape index (κ1) is 14.6. The van der Waals surface area contributed by atoms with Crippen molar-refractivity contribution < 1.29 is 4.79 Å². The van der Waals surface area contributed by atoms with E-state index in [-0.39, 0.29) is 5.91 Å². The molecule has 1 aromatic carbocycles. The van der Waals surface area contributed by atoms with Crippen LogP contribution in [0.2, 0.25) is 0 Å². The van der Waals surface area contributed by atoms with E-state index in [4.69, 9.17) is 5.73 Å². The van der Waals surface area contributed by atoms with Gasteiger partial charge in [-0.25, -0.2) is 0 Å². The monoisotopic (exact) mass is 262 g/mol. The fourth-order valence-corrected chi connectivity index (χ4v) is 1.84. The van der Waals surface area contributed by atoms with E-state index in [9.17, 15) is 4.79 Å². The summed E-state index contributed by atoms with van der Waals surface area (Å²) in [5.41, 5.74) is 8.14. The van der Waals surface area contributed by atoms with Crippen molar-refractivity contribution >= 4 is 23.4 Å². The number of hydrogen-bond donors (Lipinski definition) is 2. The zero-order valence-electron chi connectivity index (χ0n) is 10.7. The van der Waals surface area contributed by atoms with Gasteiger partial charge in [0.05, 0.1) is 6.54 Å². The number of carbonyl (C=O) groups is 1. The summed E-state index contributed by atoms with van der Waals surface area (Å²) >= 11 is 1.66. The Morgan fingerprint density at radius 3 is 2.89 bits per heavy atom. The van der Waals surface area contributed by atoms with Gasteiger partial charge in [0.1, 0.15) is 0 Å². The molecular formula is C14H18N2OS. The summed E-state index contributed by atoms with van der Waals surface area (Å²) in [6.45, 7) is 2.32. The van der Waals surface area contributed by atoms with Gasteiger partial charge in [-0.3, -0.25) is 4.79 Å². The number of aryl methyl sites for hydroxylation is 1. The normalized spacial score (nSPS) is 9.50. The summed E-state index contributed by atoms with van der Waals surface area (Å²) in [5.74, 6) is 6.70. The molecule has 3 nitrogen and oxygen atoms in total. The van der Waals surface area contributed by atoms with Crippen LogP contribution in [0.15, 0.2) is 18.2 Å². The number of carbonyl (C=O) groups excluding carboxylic acids is 1. The van der Waals surface area contributed by atoms with Crippen LogP contribution in [0.5, 0.6) is 0 Å². The molecule has 0 aromatic heterocycles. The van der Waals surface area contributed by atoms with Gasteiger partial charge in [-0.05, 0) is 36.9 Å². The lowest BCUT2D eigenvalue weighted by Gasteiger charge is -2.06. The summed E-state index contributed by atoms with van der Waals surface area (Å²) in [4.78, 5) is 11.6. The fraction of sp³-hybridized carbons (Fsp3) is 0.357. The summed E-state index contributed by atoms with van der Waals surface area (Å²) in [6.07, 6.45) is 2.53. The highest BCUT2D eigenvalue weighted by molar-refractivity contribution is 7.98. The Morgan fingerprint density at radius 2 is 2.28 bits per heavy atom. The third-order valence-electron chi connectivity index (χ3n) is 2.37. The SMILES string of the molecule is CSCCC(=O)Nc1ccc(C#CCN)c(C)c1. The molecule has 0 atom stereocenters. The van der Waals surface area contributed by atoms with Crippen molar-refractivity contribution in [2.75, 3.05) is 23.9 Å². The van der Waals surface area contributed by atoms with Crippen molar-refractivity contribution in [3.05, 3.63) is 29.3 Å². The smallest absolute Gasteiger partial charge is 0.225 e. The highest BCUT2D eigenvalue weighted by atomic mass is 32.2. The average molecular weight is 262 g/mol. The summed E-state index contributed by atoms with van der Waals surface area (Å²) < 4.78 is 0. The van der Waals surface area contributed by atoms with Gasteiger partial charge in [0.25, 0.3) is 0 Å². The minimum atomic E-state index is 0.0459. The molecule has 0 saturated carbocycles. The van der Waals surface area contributed by atoms with Crippen molar-refractivity contribution in [2.24, 2.45) is 5.73 Å². The zero-order chi connectivity index (χ0) is 13.4. The number of thioether (sulfide) groups is 1. The van der Waals surface area contributed by atoms with Crippen molar-refractivity contribution in [2.45, 2.75) is 13.3 Å². The Hall–Kier alpha value is -1.44. The first-order valence-corrected chi connectivity index (χ1v) is 7.15. The minimum Gasteiger partial charge on any atom is -0.326 e. The Morgan fingerprint density at radius 1 is 1.50 bits per heavy atom. The van der Waals surface area contributed by atoms with Crippen molar-refractivity contribution in [3.8, 4) is 11.8 Å². The highest BCUT2D eigenvalue weighted by Gasteiger charge is 2.03. The number of nitrogens with two attached hydrogens (primary N) is 1. The summed E-state index contributed by atoms with van der Waals surface area (Å²) in [6, 6.07) is 5.70. The number of rotatable bonds is 4. The predicted octanol–water partition coefficient (Wildman–Crippen LogP) is 2.00. The lowest BCUT2D eigenvalue weighted by molar-refractivity contribution is -0.115. The van der Waals surface area contributed by atoms with Crippen LogP contribution in [0, 0.1) is 18.8 Å². The fourth-order valence-electron chi connectivity index (χ4n) is 1.45. The van der Waals surface area contributed by atoms with Crippen LogP contribution in [0.25, 0.3) is 0 Å². The molecule has 96 valence electrons. The zero-order valence-corrected chi connectivity index (χ0v) is 11.6. The van der Waals surface area contributed by atoms with E-state index in [2.05, 4.69) is 17.2 Å². The lowest BCUT2D eigenvalue weighted by Crippen LogP contribution is -2.12. The van der Waals surface area contributed by atoms with Gasteiger partial charge in [0.2, 0.25) is 5.91 Å². The van der Waals surface area contributed by atoms with E-state index in [0.717, 1.165) is 22.6 Å². The Labute approximate surface area is 113 Å². The third kappa shape index (κ3) is 4.82. The number of nitrogens with one attached hydrogen (secondary N) is 1. The van der Waals surface area contributed by atoms with Crippen molar-refractivity contribution in [3.63, 3.8) is 0 Å². The van der Waals surface area contributed by atoms with Crippen molar-refractivity contribution in [1.82, 2.24) is 0 Å². The first-order chi connectivity index (χ1) is 8.67. The van der Waals surface area contributed by atoms with Crippen LogP contribution in [-0.2, 0) is 4.79 Å². The molecule has 18 heavy (non-hydrogen) atoms. The number of amides is 1. The third-order valence-corrected chi connectivity index (χ3v) is 2.98. The van der Waals surface area contributed by atoms with Gasteiger partial charge in [0, 0.05) is 23.4 Å². The van der Waals surface area contributed by atoms with Crippen LogP contribution in [0.1, 0.15) is 17.5 Å². The molecule has 0 bridgehead atoms. The quantitative estimate of drug-likeness (QED) is 0.816. The summed E-state index contributed by atoms with van der Waals surface area (Å²) in [5, 5.41) is 2.88. The van der Waals surface area contributed by atoms with Crippen LogP contribution in [-0.4, -0.2) is 24.5 Å². The van der Waals surface area contributed by atoms with E-state index in [1.165, 1.54) is 0 Å². The standard InChI is InChI=1S/C14H18N2OS/c1-11-10-13(16-14(17)7-9-18-2)6-5-12(11)4-3-8-15/h5-6,10H,7-9,15H2,1-2H3,(H,16,17). The largest absolute Gasteiger partial charge is 0.326 e. The van der Waals surface area contributed by atoms with E-state index in [0.29, 0.717) is 13.0 Å². The maximum Gasteiger partial charge on any atom is 0.225 e. The van der Waals surface area contributed by atoms with E-state index in [1.807, 2.05) is 31.4 Å². The molecule has 0 aliphatic rings. The molecule has 1 aromatic rings. The molecule has 0 fully saturated rings. The van der Waals surface area contributed by atoms with Gasteiger partial charge >= 0.3 is 0 Å². The average Bonchev–Trinajstić information content (AvgIpc) is 2.35. The topological polar surface area (TPSA) is 55.1 Å². The second-order valence-electron chi connectivity index (χ2n) is 3.83. The van der Waals surface area contributed by atoms with Crippen molar-refractivity contribution in [1.29, 1.82) is 0 Å². The second kappa shape index (κ2) is 7.80. The first-order valence-electron chi connectivity index (χ1n) is 5.75. The predicted molar refractivity (Wildman–Crippen MR) is 78.7 cm³/mol. The molecule has 0 radical (unpaired) electrons. The molecule has 0 saturated heterocycles. The van der Waals surface area contributed by atoms with Gasteiger partial charge in [-0.2, -0.15) is 11.8 Å². The molecule has 0 aliphatic carbocycles. The molecule has 0 heterocycles.